The van der Waals surface area contributed by atoms with Gasteiger partial charge in [0.2, 0.25) is 0 Å². The minimum atomic E-state index is -0.577. The number of carbonyl (C=O) groups is 1. The highest BCUT2D eigenvalue weighted by molar-refractivity contribution is 6.02. The van der Waals surface area contributed by atoms with Crippen molar-refractivity contribution in [2.45, 2.75) is 20.8 Å². The Morgan fingerprint density at radius 1 is 1.25 bits per heavy atom. The minimum absolute atomic E-state index is 0.0795. The summed E-state index contributed by atoms with van der Waals surface area (Å²) in [5.41, 5.74) is 2.10. The Hall–Kier alpha value is -3.99. The first-order chi connectivity index (χ1) is 13.3. The first-order valence-corrected chi connectivity index (χ1v) is 8.35. The Morgan fingerprint density at radius 3 is 2.61 bits per heavy atom. The van der Waals surface area contributed by atoms with Crippen LogP contribution in [-0.4, -0.2) is 20.6 Å². The van der Waals surface area contributed by atoms with E-state index in [1.54, 1.807) is 51.1 Å². The molecule has 0 spiro atoms. The molecule has 0 saturated carbocycles. The summed E-state index contributed by atoms with van der Waals surface area (Å²) in [6.07, 6.45) is 1.29. The van der Waals surface area contributed by atoms with E-state index in [1.807, 2.05) is 6.07 Å². The summed E-state index contributed by atoms with van der Waals surface area (Å²) in [6, 6.07) is 11.5. The Morgan fingerprint density at radius 2 is 2.00 bits per heavy atom. The molecule has 1 aromatic carbocycles. The molecule has 8 nitrogen and oxygen atoms in total. The number of nitrogens with zero attached hydrogens (tertiary/aromatic N) is 4. The molecule has 0 radical (unpaired) electrons. The van der Waals surface area contributed by atoms with Gasteiger partial charge >= 0.3 is 0 Å². The molecule has 0 unspecified atom stereocenters. The number of benzene rings is 1. The molecule has 0 N–H and O–H groups in total. The number of aromatic nitrogens is 2. The van der Waals surface area contributed by atoms with Crippen molar-refractivity contribution in [2.75, 3.05) is 0 Å². The lowest BCUT2D eigenvalue weighted by Crippen LogP contribution is -2.15. The lowest BCUT2D eigenvalue weighted by Gasteiger charge is -2.02. The zero-order valence-electron chi connectivity index (χ0n) is 15.5. The van der Waals surface area contributed by atoms with Gasteiger partial charge in [0.05, 0.1) is 16.2 Å². The molecule has 0 aliphatic carbocycles. The van der Waals surface area contributed by atoms with E-state index in [1.165, 1.54) is 12.1 Å². The van der Waals surface area contributed by atoms with Crippen molar-refractivity contribution in [3.63, 3.8) is 0 Å². The van der Waals surface area contributed by atoms with E-state index in [2.05, 4.69) is 5.10 Å². The fraction of sp³-hybridized carbons (Fsp3) is 0.150. The van der Waals surface area contributed by atoms with Gasteiger partial charge in [-0.3, -0.25) is 14.9 Å². The number of allylic oxidation sites excluding steroid dienone is 1. The zero-order chi connectivity index (χ0) is 20.4. The summed E-state index contributed by atoms with van der Waals surface area (Å²) in [6.45, 7) is 5.23. The van der Waals surface area contributed by atoms with Gasteiger partial charge in [-0.05, 0) is 50.6 Å². The lowest BCUT2D eigenvalue weighted by molar-refractivity contribution is -0.384. The van der Waals surface area contributed by atoms with E-state index in [-0.39, 0.29) is 22.8 Å². The number of rotatable bonds is 4. The van der Waals surface area contributed by atoms with Crippen molar-refractivity contribution in [3.05, 3.63) is 74.8 Å². The smallest absolute Gasteiger partial charge is 0.289 e. The van der Waals surface area contributed by atoms with Gasteiger partial charge < -0.3 is 4.42 Å². The molecule has 8 heteroatoms. The topological polar surface area (TPSA) is 115 Å². The van der Waals surface area contributed by atoms with Crippen LogP contribution in [0.2, 0.25) is 0 Å². The standard InChI is InChI=1S/C20H16N4O4/c1-12-4-6-17(18(8-12)24(26)27)19-7-5-16(28-19)10-15(11-21)20(25)23-14(3)9-13(2)22-23/h4-10H,1-3H3/b15-10+. The molecule has 0 aliphatic heterocycles. The average molecular weight is 376 g/mol. The van der Waals surface area contributed by atoms with E-state index >= 15 is 0 Å². The van der Waals surface area contributed by atoms with Crippen LogP contribution in [0, 0.1) is 42.2 Å². The Balaban J connectivity index is 1.98. The van der Waals surface area contributed by atoms with Gasteiger partial charge in [0.25, 0.3) is 11.6 Å². The predicted molar refractivity (Wildman–Crippen MR) is 101 cm³/mol. The van der Waals surface area contributed by atoms with Gasteiger partial charge in [-0.1, -0.05) is 6.07 Å². The van der Waals surface area contributed by atoms with E-state index in [9.17, 15) is 20.2 Å². The number of hydrogen-bond acceptors (Lipinski definition) is 6. The number of carbonyl (C=O) groups excluding carboxylic acids is 1. The monoisotopic (exact) mass is 376 g/mol. The van der Waals surface area contributed by atoms with Gasteiger partial charge in [-0.15, -0.1) is 0 Å². The molecule has 2 heterocycles. The molecule has 3 aromatic rings. The molecule has 2 aromatic heterocycles. The molecule has 0 aliphatic rings. The first kappa shape index (κ1) is 18.8. The van der Waals surface area contributed by atoms with Crippen molar-refractivity contribution in [1.82, 2.24) is 9.78 Å². The number of furan rings is 1. The molecule has 28 heavy (non-hydrogen) atoms. The van der Waals surface area contributed by atoms with Crippen molar-refractivity contribution in [2.24, 2.45) is 0 Å². The maximum Gasteiger partial charge on any atom is 0.289 e. The van der Waals surface area contributed by atoms with Gasteiger partial charge in [0.15, 0.2) is 0 Å². The highest BCUT2D eigenvalue weighted by atomic mass is 16.6. The molecule has 0 bridgehead atoms. The average Bonchev–Trinajstić information content (AvgIpc) is 3.24. The molecule has 0 atom stereocenters. The summed E-state index contributed by atoms with van der Waals surface area (Å²) in [7, 11) is 0. The number of hydrogen-bond donors (Lipinski definition) is 0. The lowest BCUT2D eigenvalue weighted by atomic mass is 10.1. The van der Waals surface area contributed by atoms with Crippen LogP contribution < -0.4 is 0 Å². The van der Waals surface area contributed by atoms with Crippen LogP contribution in [0.3, 0.4) is 0 Å². The predicted octanol–water partition coefficient (Wildman–Crippen LogP) is 4.22. The largest absolute Gasteiger partial charge is 0.456 e. The normalized spacial score (nSPS) is 11.3. The van der Waals surface area contributed by atoms with Crippen molar-refractivity contribution < 1.29 is 14.1 Å². The molecule has 0 amide bonds. The second-order valence-corrected chi connectivity index (χ2v) is 6.29. The summed E-state index contributed by atoms with van der Waals surface area (Å²) in [4.78, 5) is 23.4. The third-order valence-corrected chi connectivity index (χ3v) is 4.08. The van der Waals surface area contributed by atoms with Gasteiger partial charge in [-0.2, -0.15) is 10.4 Å². The van der Waals surface area contributed by atoms with Crippen LogP contribution in [0.5, 0.6) is 0 Å². The van der Waals surface area contributed by atoms with Crippen LogP contribution >= 0.6 is 0 Å². The van der Waals surface area contributed by atoms with E-state index in [0.717, 1.165) is 10.2 Å². The van der Waals surface area contributed by atoms with Gasteiger partial charge in [0.1, 0.15) is 23.2 Å². The summed E-state index contributed by atoms with van der Waals surface area (Å²) in [5.74, 6) is -0.0718. The highest BCUT2D eigenvalue weighted by Crippen LogP contribution is 2.32. The first-order valence-electron chi connectivity index (χ1n) is 8.35. The minimum Gasteiger partial charge on any atom is -0.456 e. The zero-order valence-corrected chi connectivity index (χ0v) is 15.5. The second kappa shape index (κ2) is 7.32. The maximum atomic E-state index is 12.6. The third kappa shape index (κ3) is 3.59. The van der Waals surface area contributed by atoms with Crippen molar-refractivity contribution in [1.29, 1.82) is 5.26 Å². The summed E-state index contributed by atoms with van der Waals surface area (Å²) in [5, 5.41) is 24.8. The molecule has 3 rings (SSSR count). The Labute approximate surface area is 160 Å². The second-order valence-electron chi connectivity index (χ2n) is 6.29. The SMILES string of the molecule is Cc1ccc(-c2ccc(/C=C(\C#N)C(=O)n3nc(C)cc3C)o2)c([N+](=O)[O-])c1. The number of nitro benzene ring substituents is 1. The van der Waals surface area contributed by atoms with E-state index < -0.39 is 10.8 Å². The van der Waals surface area contributed by atoms with Crippen LogP contribution in [0.4, 0.5) is 5.69 Å². The van der Waals surface area contributed by atoms with Crippen LogP contribution in [0.15, 0.2) is 46.4 Å². The van der Waals surface area contributed by atoms with Crippen LogP contribution in [-0.2, 0) is 0 Å². The van der Waals surface area contributed by atoms with Crippen LogP contribution in [0.1, 0.15) is 27.5 Å². The Kier molecular flexibility index (Phi) is 4.92. The number of nitro groups is 1. The third-order valence-electron chi connectivity index (χ3n) is 4.08. The number of aryl methyl sites for hydroxylation is 3. The van der Waals surface area contributed by atoms with Gasteiger partial charge in [-0.25, -0.2) is 4.68 Å². The van der Waals surface area contributed by atoms with Crippen molar-refractivity contribution in [3.8, 4) is 17.4 Å². The summed E-state index contributed by atoms with van der Waals surface area (Å²) >= 11 is 0. The highest BCUT2D eigenvalue weighted by Gasteiger charge is 2.19. The molecular formula is C20H16N4O4. The maximum absolute atomic E-state index is 12.6. The Bertz CT molecular complexity index is 1160. The fourth-order valence-corrected chi connectivity index (χ4v) is 2.81. The molecule has 0 fully saturated rings. The van der Waals surface area contributed by atoms with Crippen molar-refractivity contribution >= 4 is 17.7 Å². The number of nitriles is 1. The van der Waals surface area contributed by atoms with Gasteiger partial charge in [0, 0.05) is 17.8 Å². The molecular weight excluding hydrogens is 360 g/mol. The van der Waals surface area contributed by atoms with Crippen LogP contribution in [0.25, 0.3) is 17.4 Å². The molecule has 0 saturated heterocycles. The summed E-state index contributed by atoms with van der Waals surface area (Å²) < 4.78 is 6.79. The molecule has 140 valence electrons. The quantitative estimate of drug-likeness (QED) is 0.291. The fourth-order valence-electron chi connectivity index (χ4n) is 2.81. The van der Waals surface area contributed by atoms with E-state index in [0.29, 0.717) is 17.0 Å². The van der Waals surface area contributed by atoms with E-state index in [4.69, 9.17) is 4.42 Å².